The fraction of sp³-hybridized carbons (Fsp3) is 0.500. The van der Waals surface area contributed by atoms with E-state index in [1.807, 2.05) is 13.1 Å². The molecule has 2 saturated carbocycles. The monoisotopic (exact) mass is 555 g/mol. The van der Waals surface area contributed by atoms with Crippen molar-refractivity contribution in [2.75, 3.05) is 20.2 Å². The van der Waals surface area contributed by atoms with E-state index in [-0.39, 0.29) is 41.7 Å². The number of alkyl halides is 2. The van der Waals surface area contributed by atoms with Crippen molar-refractivity contribution in [3.05, 3.63) is 59.2 Å². The van der Waals surface area contributed by atoms with E-state index < -0.39 is 12.7 Å². The third-order valence-electron chi connectivity index (χ3n) is 7.89. The topological polar surface area (TPSA) is 88.2 Å². The Balaban J connectivity index is 1.25. The van der Waals surface area contributed by atoms with Crippen LogP contribution in [0.2, 0.25) is 0 Å². The maximum absolute atomic E-state index is 13.3. The molecule has 40 heavy (non-hydrogen) atoms. The molecule has 5 rings (SSSR count). The lowest BCUT2D eigenvalue weighted by molar-refractivity contribution is -0.136. The summed E-state index contributed by atoms with van der Waals surface area (Å²) in [5.41, 5.74) is 2.16. The summed E-state index contributed by atoms with van der Waals surface area (Å²) in [7, 11) is 1.81. The van der Waals surface area contributed by atoms with Gasteiger partial charge >= 0.3 is 6.61 Å². The predicted octanol–water partition coefficient (Wildman–Crippen LogP) is 4.33. The van der Waals surface area contributed by atoms with Crippen molar-refractivity contribution in [3.63, 3.8) is 0 Å². The average Bonchev–Trinajstić information content (AvgIpc) is 3.88. The highest BCUT2D eigenvalue weighted by Crippen LogP contribution is 2.39. The molecule has 0 aromatic heterocycles. The Morgan fingerprint density at radius 1 is 1.07 bits per heavy atom. The van der Waals surface area contributed by atoms with Gasteiger partial charge in [0.15, 0.2) is 11.5 Å². The molecule has 0 bridgehead atoms. The fourth-order valence-corrected chi connectivity index (χ4v) is 5.20. The van der Waals surface area contributed by atoms with Crippen molar-refractivity contribution < 1.29 is 32.6 Å². The van der Waals surface area contributed by atoms with Crippen molar-refractivity contribution in [1.82, 2.24) is 15.1 Å². The van der Waals surface area contributed by atoms with E-state index in [9.17, 15) is 23.2 Å². The van der Waals surface area contributed by atoms with E-state index in [1.165, 1.54) is 13.0 Å². The number of carbonyl (C=O) groups is 3. The first kappa shape index (κ1) is 27.9. The van der Waals surface area contributed by atoms with Crippen LogP contribution >= 0.6 is 0 Å². The number of halogens is 2. The van der Waals surface area contributed by atoms with Crippen molar-refractivity contribution in [1.29, 1.82) is 0 Å². The Hall–Kier alpha value is -3.69. The minimum Gasteiger partial charge on any atom is -0.489 e. The average molecular weight is 556 g/mol. The number of rotatable bonds is 11. The molecule has 1 saturated heterocycles. The van der Waals surface area contributed by atoms with Crippen LogP contribution < -0.4 is 14.8 Å². The number of ether oxygens (including phenoxy) is 2. The minimum atomic E-state index is -2.97. The van der Waals surface area contributed by atoms with Gasteiger partial charge in [0.1, 0.15) is 6.04 Å². The zero-order chi connectivity index (χ0) is 28.4. The molecular formula is C30H35F2N3O5. The van der Waals surface area contributed by atoms with Gasteiger partial charge in [-0.2, -0.15) is 8.78 Å². The number of benzene rings is 2. The van der Waals surface area contributed by atoms with E-state index in [0.717, 1.165) is 36.8 Å². The Kier molecular flexibility index (Phi) is 8.23. The molecule has 1 aliphatic heterocycles. The van der Waals surface area contributed by atoms with Crippen molar-refractivity contribution in [2.45, 2.75) is 70.2 Å². The van der Waals surface area contributed by atoms with Crippen LogP contribution in [0.5, 0.6) is 11.5 Å². The van der Waals surface area contributed by atoms with Gasteiger partial charge in [0, 0.05) is 44.6 Å². The zero-order valence-electron chi connectivity index (χ0n) is 22.8. The number of hydrogen-bond acceptors (Lipinski definition) is 5. The van der Waals surface area contributed by atoms with Gasteiger partial charge in [-0.25, -0.2) is 0 Å². The molecule has 3 fully saturated rings. The number of likely N-dealkylation sites (tertiary alicyclic amines) is 1. The van der Waals surface area contributed by atoms with Crippen LogP contribution in [0.3, 0.4) is 0 Å². The molecule has 8 nitrogen and oxygen atoms in total. The number of carbonyl (C=O) groups excluding carboxylic acids is 3. The highest BCUT2D eigenvalue weighted by molar-refractivity contribution is 5.94. The molecule has 2 aliphatic carbocycles. The van der Waals surface area contributed by atoms with Crippen molar-refractivity contribution in [2.24, 2.45) is 5.92 Å². The van der Waals surface area contributed by atoms with Crippen LogP contribution in [0, 0.1) is 5.92 Å². The summed E-state index contributed by atoms with van der Waals surface area (Å²) < 4.78 is 36.3. The van der Waals surface area contributed by atoms with Gasteiger partial charge in [-0.15, -0.1) is 0 Å². The molecule has 0 spiro atoms. The zero-order valence-corrected chi connectivity index (χ0v) is 22.8. The first-order valence-electron chi connectivity index (χ1n) is 13.8. The summed E-state index contributed by atoms with van der Waals surface area (Å²) in [5, 5.41) is 2.92. The second-order valence-corrected chi connectivity index (χ2v) is 11.0. The van der Waals surface area contributed by atoms with Crippen LogP contribution in [-0.2, 0) is 16.1 Å². The standard InChI is InChI=1S/C30H35F2N3O5/c1-18(36)35-16-23(21-8-11-26(40-30(31)32)27(14-21)39-17-19-6-7-19)13-25(35)28(37)33-15-20-4-3-5-22(12-20)29(38)34(2)24-9-10-24/h3-5,8,11-12,14,19,23-25,30H,6-7,9-10,13,15-17H2,1-2H3,(H,33,37). The van der Waals surface area contributed by atoms with E-state index in [4.69, 9.17) is 4.74 Å². The summed E-state index contributed by atoms with van der Waals surface area (Å²) in [4.78, 5) is 41.7. The Morgan fingerprint density at radius 3 is 2.52 bits per heavy atom. The quantitative estimate of drug-likeness (QED) is 0.446. The molecule has 2 aromatic carbocycles. The van der Waals surface area contributed by atoms with Crippen LogP contribution in [0.25, 0.3) is 0 Å². The van der Waals surface area contributed by atoms with E-state index in [2.05, 4.69) is 10.1 Å². The van der Waals surface area contributed by atoms with Gasteiger partial charge in [0.25, 0.3) is 5.91 Å². The van der Waals surface area contributed by atoms with E-state index in [1.54, 1.807) is 40.1 Å². The number of amides is 3. The number of nitrogens with zero attached hydrogens (tertiary/aromatic N) is 2. The second-order valence-electron chi connectivity index (χ2n) is 11.0. The molecule has 2 atom stereocenters. The molecule has 10 heteroatoms. The SMILES string of the molecule is CC(=O)N1CC(c2ccc(OC(F)F)c(OCC3CC3)c2)CC1C(=O)NCc1cccc(C(=O)N(C)C2CC2)c1. The van der Waals surface area contributed by atoms with Gasteiger partial charge in [-0.1, -0.05) is 18.2 Å². The summed E-state index contributed by atoms with van der Waals surface area (Å²) in [6.07, 6.45) is 4.53. The molecule has 1 heterocycles. The molecule has 1 N–H and O–H groups in total. The molecular weight excluding hydrogens is 520 g/mol. The summed E-state index contributed by atoms with van der Waals surface area (Å²) in [5.74, 6) is -0.0832. The van der Waals surface area contributed by atoms with Crippen LogP contribution in [0.1, 0.15) is 66.4 Å². The van der Waals surface area contributed by atoms with Gasteiger partial charge in [-0.3, -0.25) is 14.4 Å². The Bertz CT molecular complexity index is 1260. The van der Waals surface area contributed by atoms with Crippen LogP contribution in [0.15, 0.2) is 42.5 Å². The third-order valence-corrected chi connectivity index (χ3v) is 7.89. The highest BCUT2D eigenvalue weighted by Gasteiger charge is 2.39. The molecule has 0 radical (unpaired) electrons. The summed E-state index contributed by atoms with van der Waals surface area (Å²) in [6, 6.07) is 11.7. The van der Waals surface area contributed by atoms with Crippen molar-refractivity contribution in [3.8, 4) is 11.5 Å². The van der Waals surface area contributed by atoms with Crippen LogP contribution in [0.4, 0.5) is 8.78 Å². The normalized spacial score (nSPS) is 20.4. The number of nitrogens with one attached hydrogen (secondary N) is 1. The molecule has 2 aromatic rings. The first-order valence-corrected chi connectivity index (χ1v) is 13.8. The van der Waals surface area contributed by atoms with Crippen molar-refractivity contribution >= 4 is 17.7 Å². The Labute approximate surface area is 232 Å². The van der Waals surface area contributed by atoms with Gasteiger partial charge in [0.05, 0.1) is 6.61 Å². The highest BCUT2D eigenvalue weighted by atomic mass is 19.3. The predicted molar refractivity (Wildman–Crippen MR) is 143 cm³/mol. The molecule has 2 unspecified atom stereocenters. The Morgan fingerprint density at radius 2 is 1.85 bits per heavy atom. The molecule has 214 valence electrons. The lowest BCUT2D eigenvalue weighted by atomic mass is 9.95. The fourth-order valence-electron chi connectivity index (χ4n) is 5.20. The lowest BCUT2D eigenvalue weighted by Crippen LogP contribution is -2.44. The summed E-state index contributed by atoms with van der Waals surface area (Å²) >= 11 is 0. The lowest BCUT2D eigenvalue weighted by Gasteiger charge is -2.22. The van der Waals surface area contributed by atoms with E-state index >= 15 is 0 Å². The molecule has 3 amide bonds. The summed E-state index contributed by atoms with van der Waals surface area (Å²) in [6.45, 7) is -0.569. The van der Waals surface area contributed by atoms with Gasteiger partial charge in [0.2, 0.25) is 11.8 Å². The second kappa shape index (κ2) is 11.8. The first-order chi connectivity index (χ1) is 19.2. The maximum Gasteiger partial charge on any atom is 0.387 e. The van der Waals surface area contributed by atoms with E-state index in [0.29, 0.717) is 37.1 Å². The molecule has 3 aliphatic rings. The number of hydrogen-bond donors (Lipinski definition) is 1. The van der Waals surface area contributed by atoms with Gasteiger partial charge in [-0.05, 0) is 73.4 Å². The third kappa shape index (κ3) is 6.71. The smallest absolute Gasteiger partial charge is 0.387 e. The van der Waals surface area contributed by atoms with Gasteiger partial charge < -0.3 is 24.6 Å². The van der Waals surface area contributed by atoms with Crippen LogP contribution in [-0.4, -0.2) is 66.4 Å². The maximum atomic E-state index is 13.3. The minimum absolute atomic E-state index is 0.0286. The largest absolute Gasteiger partial charge is 0.489 e.